The van der Waals surface area contributed by atoms with Gasteiger partial charge in [0.05, 0.1) is 0 Å². The Hall–Kier alpha value is -0.870. The molecule has 0 unspecified atom stereocenters. The maximum atomic E-state index is 10.6. The fraction of sp³-hybridized carbons (Fsp3) is 0.545. The minimum Gasteiger partial charge on any atom is -0.480 e. The van der Waals surface area contributed by atoms with Crippen molar-refractivity contribution in [3.05, 3.63) is 21.9 Å². The lowest BCUT2D eigenvalue weighted by molar-refractivity contribution is -0.138. The zero-order chi connectivity index (χ0) is 11.6. The molecule has 3 nitrogen and oxygen atoms in total. The molecule has 84 valence electrons. The largest absolute Gasteiger partial charge is 0.480 e. The van der Waals surface area contributed by atoms with Crippen molar-refractivity contribution in [2.45, 2.75) is 38.6 Å². The van der Waals surface area contributed by atoms with Crippen molar-refractivity contribution in [3.8, 4) is 0 Å². The van der Waals surface area contributed by atoms with Crippen LogP contribution in [0.15, 0.2) is 12.1 Å². The Bertz CT molecular complexity index is 352. The van der Waals surface area contributed by atoms with E-state index >= 15 is 0 Å². The lowest BCUT2D eigenvalue weighted by atomic mass is 9.95. The molecule has 0 saturated heterocycles. The predicted octanol–water partition coefficient (Wildman–Crippen LogP) is 2.00. The number of carboxylic acids is 1. The van der Waals surface area contributed by atoms with Crippen LogP contribution in [-0.4, -0.2) is 17.1 Å². The Morgan fingerprint density at radius 2 is 2.13 bits per heavy atom. The molecule has 0 amide bonds. The smallest absolute Gasteiger partial charge is 0.320 e. The van der Waals surface area contributed by atoms with E-state index in [4.69, 9.17) is 10.8 Å². The highest BCUT2D eigenvalue weighted by molar-refractivity contribution is 7.12. The lowest BCUT2D eigenvalue weighted by Gasteiger charge is -2.15. The van der Waals surface area contributed by atoms with Gasteiger partial charge in [0.1, 0.15) is 6.04 Å². The van der Waals surface area contributed by atoms with Crippen LogP contribution in [0.2, 0.25) is 0 Å². The van der Waals surface area contributed by atoms with Crippen LogP contribution in [0.3, 0.4) is 0 Å². The van der Waals surface area contributed by atoms with Crippen molar-refractivity contribution < 1.29 is 9.90 Å². The second-order valence-electron chi connectivity index (χ2n) is 4.66. The summed E-state index contributed by atoms with van der Waals surface area (Å²) in [6.45, 7) is 6.42. The first-order valence-corrected chi connectivity index (χ1v) is 5.70. The first-order chi connectivity index (χ1) is 6.80. The van der Waals surface area contributed by atoms with Gasteiger partial charge in [-0.1, -0.05) is 20.8 Å². The summed E-state index contributed by atoms with van der Waals surface area (Å²) < 4.78 is 0. The van der Waals surface area contributed by atoms with Gasteiger partial charge in [-0.15, -0.1) is 11.3 Å². The van der Waals surface area contributed by atoms with E-state index in [-0.39, 0.29) is 5.41 Å². The Morgan fingerprint density at radius 3 is 2.53 bits per heavy atom. The highest BCUT2D eigenvalue weighted by Gasteiger charge is 2.18. The number of aliphatic carboxylic acids is 1. The van der Waals surface area contributed by atoms with Gasteiger partial charge in [0.2, 0.25) is 0 Å². The quantitative estimate of drug-likeness (QED) is 0.830. The van der Waals surface area contributed by atoms with E-state index in [0.717, 1.165) is 4.88 Å². The molecule has 1 heterocycles. The monoisotopic (exact) mass is 227 g/mol. The summed E-state index contributed by atoms with van der Waals surface area (Å²) in [5.41, 5.74) is 5.60. The van der Waals surface area contributed by atoms with Gasteiger partial charge in [0.15, 0.2) is 0 Å². The van der Waals surface area contributed by atoms with Gasteiger partial charge < -0.3 is 10.8 Å². The van der Waals surface area contributed by atoms with Gasteiger partial charge in [-0.2, -0.15) is 0 Å². The van der Waals surface area contributed by atoms with Gasteiger partial charge in [0.25, 0.3) is 0 Å². The minimum atomic E-state index is -0.944. The number of carbonyl (C=O) groups is 1. The number of thiophene rings is 1. The molecule has 1 aromatic rings. The number of carboxylic acid groups (broad SMARTS) is 1. The third kappa shape index (κ3) is 3.32. The number of hydrogen-bond donors (Lipinski definition) is 2. The average molecular weight is 227 g/mol. The van der Waals surface area contributed by atoms with Gasteiger partial charge in [-0.3, -0.25) is 4.79 Å². The molecule has 0 saturated carbocycles. The van der Waals surface area contributed by atoms with Gasteiger partial charge in [-0.05, 0) is 17.5 Å². The van der Waals surface area contributed by atoms with Gasteiger partial charge >= 0.3 is 5.97 Å². The third-order valence-electron chi connectivity index (χ3n) is 2.14. The van der Waals surface area contributed by atoms with Crippen molar-refractivity contribution in [1.82, 2.24) is 0 Å². The molecule has 3 N–H and O–H groups in total. The second kappa shape index (κ2) is 4.33. The summed E-state index contributed by atoms with van der Waals surface area (Å²) in [6, 6.07) is 3.22. The molecule has 0 aliphatic rings. The Morgan fingerprint density at radius 1 is 1.53 bits per heavy atom. The Labute approximate surface area is 93.9 Å². The molecular formula is C11H17NO2S. The molecule has 0 aliphatic heterocycles. The maximum absolute atomic E-state index is 10.6. The second-order valence-corrected chi connectivity index (χ2v) is 5.83. The van der Waals surface area contributed by atoms with Crippen LogP contribution >= 0.6 is 11.3 Å². The summed E-state index contributed by atoms with van der Waals surface area (Å²) >= 11 is 1.64. The van der Waals surface area contributed by atoms with Crippen molar-refractivity contribution in [1.29, 1.82) is 0 Å². The summed E-state index contributed by atoms with van der Waals surface area (Å²) in [6.07, 6.45) is 0.413. The molecule has 0 bridgehead atoms. The molecule has 0 fully saturated rings. The SMILES string of the molecule is CC(C)(C)c1ccc(C[C@@H](N)C(=O)O)s1. The zero-order valence-electron chi connectivity index (χ0n) is 9.28. The highest BCUT2D eigenvalue weighted by atomic mass is 32.1. The lowest BCUT2D eigenvalue weighted by Crippen LogP contribution is -2.31. The molecule has 1 aromatic heterocycles. The standard InChI is InChI=1S/C11H17NO2S/c1-11(2,3)9-5-4-7(15-9)6-8(12)10(13)14/h4-5,8H,6,12H2,1-3H3,(H,13,14)/t8-/m1/s1. The van der Waals surface area contributed by atoms with Gasteiger partial charge in [0, 0.05) is 16.2 Å². The molecule has 0 aromatic carbocycles. The van der Waals surface area contributed by atoms with E-state index in [1.807, 2.05) is 6.07 Å². The summed E-state index contributed by atoms with van der Waals surface area (Å²) in [4.78, 5) is 12.9. The Balaban J connectivity index is 2.73. The van der Waals surface area contributed by atoms with Crippen LogP contribution < -0.4 is 5.73 Å². The molecule has 15 heavy (non-hydrogen) atoms. The summed E-state index contributed by atoms with van der Waals surface area (Å²) in [5, 5.41) is 8.69. The molecule has 1 rings (SSSR count). The van der Waals surface area contributed by atoms with Gasteiger partial charge in [-0.25, -0.2) is 0 Å². The number of nitrogens with two attached hydrogens (primary N) is 1. The molecule has 4 heteroatoms. The van der Waals surface area contributed by atoms with E-state index in [1.54, 1.807) is 11.3 Å². The van der Waals surface area contributed by atoms with Crippen LogP contribution in [0.4, 0.5) is 0 Å². The molecular weight excluding hydrogens is 210 g/mol. The number of hydrogen-bond acceptors (Lipinski definition) is 3. The van der Waals surface area contributed by atoms with Crippen molar-refractivity contribution in [3.63, 3.8) is 0 Å². The third-order valence-corrected chi connectivity index (χ3v) is 3.67. The fourth-order valence-corrected chi connectivity index (χ4v) is 2.32. The maximum Gasteiger partial charge on any atom is 0.320 e. The summed E-state index contributed by atoms with van der Waals surface area (Å²) in [5.74, 6) is -0.944. The van der Waals surface area contributed by atoms with E-state index in [1.165, 1.54) is 4.88 Å². The van der Waals surface area contributed by atoms with Crippen LogP contribution in [-0.2, 0) is 16.6 Å². The molecule has 1 atom stereocenters. The topological polar surface area (TPSA) is 63.3 Å². The fourth-order valence-electron chi connectivity index (χ4n) is 1.19. The molecule has 0 radical (unpaired) electrons. The number of rotatable bonds is 3. The van der Waals surface area contributed by atoms with Crippen LogP contribution in [0.1, 0.15) is 30.5 Å². The van der Waals surface area contributed by atoms with Crippen molar-refractivity contribution >= 4 is 17.3 Å². The zero-order valence-corrected chi connectivity index (χ0v) is 10.1. The van der Waals surface area contributed by atoms with E-state index in [9.17, 15) is 4.79 Å². The van der Waals surface area contributed by atoms with E-state index in [0.29, 0.717) is 6.42 Å². The average Bonchev–Trinajstić information content (AvgIpc) is 2.51. The van der Waals surface area contributed by atoms with Crippen LogP contribution in [0, 0.1) is 0 Å². The molecule has 0 aliphatic carbocycles. The van der Waals surface area contributed by atoms with Crippen molar-refractivity contribution in [2.24, 2.45) is 5.73 Å². The van der Waals surface area contributed by atoms with E-state index < -0.39 is 12.0 Å². The van der Waals surface area contributed by atoms with Crippen LogP contribution in [0.25, 0.3) is 0 Å². The van der Waals surface area contributed by atoms with E-state index in [2.05, 4.69) is 26.8 Å². The minimum absolute atomic E-state index is 0.121. The normalized spacial score (nSPS) is 13.9. The van der Waals surface area contributed by atoms with Crippen molar-refractivity contribution in [2.75, 3.05) is 0 Å². The highest BCUT2D eigenvalue weighted by Crippen LogP contribution is 2.29. The molecule has 0 spiro atoms. The summed E-state index contributed by atoms with van der Waals surface area (Å²) in [7, 11) is 0. The first kappa shape index (κ1) is 12.2. The Kier molecular flexibility index (Phi) is 3.52. The predicted molar refractivity (Wildman–Crippen MR) is 62.3 cm³/mol. The first-order valence-electron chi connectivity index (χ1n) is 4.88. The van der Waals surface area contributed by atoms with Crippen LogP contribution in [0.5, 0.6) is 0 Å².